The summed E-state index contributed by atoms with van der Waals surface area (Å²) in [6.45, 7) is 3.57. The fourth-order valence-electron chi connectivity index (χ4n) is 4.82. The quantitative estimate of drug-likeness (QED) is 0.884. The highest BCUT2D eigenvalue weighted by atomic mass is 32.1. The van der Waals surface area contributed by atoms with E-state index >= 15 is 0 Å². The molecule has 2 fully saturated rings. The molecule has 1 unspecified atom stereocenters. The molecule has 1 N–H and O–H groups in total. The largest absolute Gasteiger partial charge is 0.354 e. The van der Waals surface area contributed by atoms with E-state index < -0.39 is 0 Å². The van der Waals surface area contributed by atoms with Gasteiger partial charge in [-0.15, -0.1) is 11.3 Å². The van der Waals surface area contributed by atoms with Gasteiger partial charge < -0.3 is 10.2 Å². The summed E-state index contributed by atoms with van der Waals surface area (Å²) < 4.78 is 0. The maximum atomic E-state index is 13.1. The molecule has 3 heterocycles. The molecule has 1 aliphatic carbocycles. The van der Waals surface area contributed by atoms with Crippen molar-refractivity contribution >= 4 is 23.2 Å². The summed E-state index contributed by atoms with van der Waals surface area (Å²) in [5.41, 5.74) is 1.16. The third-order valence-corrected chi connectivity index (χ3v) is 7.51. The van der Waals surface area contributed by atoms with Gasteiger partial charge in [0, 0.05) is 37.6 Å². The van der Waals surface area contributed by atoms with E-state index in [0.29, 0.717) is 18.5 Å². The summed E-state index contributed by atoms with van der Waals surface area (Å²) in [7, 11) is 1.66. The second-order valence-corrected chi connectivity index (χ2v) is 9.06. The highest BCUT2D eigenvalue weighted by Crippen LogP contribution is 2.31. The lowest BCUT2D eigenvalue weighted by molar-refractivity contribution is -0.138. The Bertz CT molecular complexity index is 681. The molecular formula is C20H29N3O2S. The third kappa shape index (κ3) is 3.54. The predicted octanol–water partition coefficient (Wildman–Crippen LogP) is 2.65. The van der Waals surface area contributed by atoms with E-state index in [4.69, 9.17) is 0 Å². The van der Waals surface area contributed by atoms with Crippen molar-refractivity contribution in [2.24, 2.45) is 5.92 Å². The van der Waals surface area contributed by atoms with Gasteiger partial charge in [-0.3, -0.25) is 14.5 Å². The summed E-state index contributed by atoms with van der Waals surface area (Å²) in [6, 6.07) is 2.69. The number of nitrogens with zero attached hydrogens (tertiary/aromatic N) is 2. The van der Waals surface area contributed by atoms with Crippen LogP contribution in [0.5, 0.6) is 0 Å². The predicted molar refractivity (Wildman–Crippen MR) is 103 cm³/mol. The van der Waals surface area contributed by atoms with E-state index in [2.05, 4.69) is 10.2 Å². The zero-order chi connectivity index (χ0) is 18.1. The number of carbonyl (C=O) groups is 2. The molecule has 1 atom stereocenters. The SMILES string of the molecule is CNC(=O)c1cc2c(s1)CCN(C(=O)C1CCCN(C3CCCC3)C1)C2. The first kappa shape index (κ1) is 18.0. The van der Waals surface area contributed by atoms with Crippen LogP contribution in [0, 0.1) is 5.92 Å². The zero-order valence-corrected chi connectivity index (χ0v) is 16.4. The molecule has 1 saturated carbocycles. The van der Waals surface area contributed by atoms with Gasteiger partial charge in [0.15, 0.2) is 0 Å². The standard InChI is InChI=1S/C20H29N3O2S/c1-21-19(24)18-11-15-13-23(10-8-17(15)26-18)20(25)14-5-4-9-22(12-14)16-6-2-3-7-16/h11,14,16H,2-10,12-13H2,1H3,(H,21,24). The van der Waals surface area contributed by atoms with Crippen molar-refractivity contribution in [3.63, 3.8) is 0 Å². The van der Waals surface area contributed by atoms with Gasteiger partial charge in [-0.25, -0.2) is 0 Å². The number of thiophene rings is 1. The van der Waals surface area contributed by atoms with E-state index in [1.165, 1.54) is 37.1 Å². The summed E-state index contributed by atoms with van der Waals surface area (Å²) in [4.78, 5) is 31.7. The Hall–Kier alpha value is -1.40. The van der Waals surface area contributed by atoms with Crippen molar-refractivity contribution in [2.45, 2.75) is 57.5 Å². The van der Waals surface area contributed by atoms with E-state index in [9.17, 15) is 9.59 Å². The fourth-order valence-corrected chi connectivity index (χ4v) is 5.93. The number of fused-ring (bicyclic) bond motifs is 1. The van der Waals surface area contributed by atoms with Crippen LogP contribution >= 0.6 is 11.3 Å². The van der Waals surface area contributed by atoms with Gasteiger partial charge in [0.05, 0.1) is 10.8 Å². The Kier molecular flexibility index (Phi) is 5.32. The fraction of sp³-hybridized carbons (Fsp3) is 0.700. The van der Waals surface area contributed by atoms with Crippen LogP contribution in [0.15, 0.2) is 6.07 Å². The number of amides is 2. The van der Waals surface area contributed by atoms with Crippen LogP contribution < -0.4 is 5.32 Å². The van der Waals surface area contributed by atoms with Crippen LogP contribution in [-0.4, -0.2) is 54.3 Å². The number of likely N-dealkylation sites (tertiary alicyclic amines) is 1. The van der Waals surface area contributed by atoms with Gasteiger partial charge in [-0.1, -0.05) is 12.8 Å². The lowest BCUT2D eigenvalue weighted by Gasteiger charge is -2.38. The van der Waals surface area contributed by atoms with E-state index in [0.717, 1.165) is 42.8 Å². The molecule has 142 valence electrons. The third-order valence-electron chi connectivity index (χ3n) is 6.27. The topological polar surface area (TPSA) is 52.7 Å². The van der Waals surface area contributed by atoms with Crippen molar-refractivity contribution in [1.29, 1.82) is 0 Å². The lowest BCUT2D eigenvalue weighted by Crippen LogP contribution is -2.48. The van der Waals surface area contributed by atoms with Crippen molar-refractivity contribution in [1.82, 2.24) is 15.1 Å². The second-order valence-electron chi connectivity index (χ2n) is 7.92. The minimum atomic E-state index is -0.0261. The Morgan fingerprint density at radius 2 is 1.96 bits per heavy atom. The van der Waals surface area contributed by atoms with E-state index in [1.807, 2.05) is 11.0 Å². The molecule has 4 rings (SSSR count). The first-order valence-electron chi connectivity index (χ1n) is 10.0. The minimum Gasteiger partial charge on any atom is -0.354 e. The van der Waals surface area contributed by atoms with Crippen LogP contribution in [0.4, 0.5) is 0 Å². The Morgan fingerprint density at radius 1 is 1.15 bits per heavy atom. The average molecular weight is 376 g/mol. The van der Waals surface area contributed by atoms with Gasteiger partial charge in [-0.2, -0.15) is 0 Å². The van der Waals surface area contributed by atoms with Gasteiger partial charge in [0.25, 0.3) is 5.91 Å². The summed E-state index contributed by atoms with van der Waals surface area (Å²) >= 11 is 1.58. The molecule has 0 radical (unpaired) electrons. The van der Waals surface area contributed by atoms with E-state index in [-0.39, 0.29) is 11.8 Å². The van der Waals surface area contributed by atoms with Crippen LogP contribution in [0.1, 0.15) is 58.6 Å². The average Bonchev–Trinajstić information content (AvgIpc) is 3.36. The summed E-state index contributed by atoms with van der Waals surface area (Å²) in [5.74, 6) is 0.454. The van der Waals surface area contributed by atoms with Crippen molar-refractivity contribution in [3.8, 4) is 0 Å². The Morgan fingerprint density at radius 3 is 2.73 bits per heavy atom. The summed E-state index contributed by atoms with van der Waals surface area (Å²) in [5, 5.41) is 2.69. The normalized spacial score (nSPS) is 24.5. The number of piperidine rings is 1. The lowest BCUT2D eigenvalue weighted by atomic mass is 9.94. The maximum Gasteiger partial charge on any atom is 0.261 e. The van der Waals surface area contributed by atoms with Gasteiger partial charge >= 0.3 is 0 Å². The van der Waals surface area contributed by atoms with Crippen LogP contribution in [-0.2, 0) is 17.8 Å². The zero-order valence-electron chi connectivity index (χ0n) is 15.6. The van der Waals surface area contributed by atoms with Crippen LogP contribution in [0.2, 0.25) is 0 Å². The van der Waals surface area contributed by atoms with Crippen molar-refractivity contribution in [3.05, 3.63) is 21.4 Å². The molecule has 1 aromatic heterocycles. The number of carbonyl (C=O) groups excluding carboxylic acids is 2. The highest BCUT2D eigenvalue weighted by Gasteiger charge is 2.34. The Labute approximate surface area is 159 Å². The molecule has 0 spiro atoms. The number of hydrogen-bond donors (Lipinski definition) is 1. The molecule has 2 amide bonds. The monoisotopic (exact) mass is 375 g/mol. The molecule has 0 bridgehead atoms. The van der Waals surface area contributed by atoms with E-state index in [1.54, 1.807) is 18.4 Å². The van der Waals surface area contributed by atoms with Crippen molar-refractivity contribution < 1.29 is 9.59 Å². The number of rotatable bonds is 3. The number of hydrogen-bond acceptors (Lipinski definition) is 4. The number of nitrogens with one attached hydrogen (secondary N) is 1. The van der Waals surface area contributed by atoms with Crippen LogP contribution in [0.25, 0.3) is 0 Å². The van der Waals surface area contributed by atoms with Gasteiger partial charge in [0.1, 0.15) is 0 Å². The van der Waals surface area contributed by atoms with Crippen LogP contribution in [0.3, 0.4) is 0 Å². The molecule has 0 aromatic carbocycles. The minimum absolute atomic E-state index is 0.0261. The first-order valence-corrected chi connectivity index (χ1v) is 10.8. The van der Waals surface area contributed by atoms with Gasteiger partial charge in [0.2, 0.25) is 5.91 Å². The molecule has 3 aliphatic rings. The van der Waals surface area contributed by atoms with Gasteiger partial charge in [-0.05, 0) is 50.3 Å². The molecule has 1 saturated heterocycles. The maximum absolute atomic E-state index is 13.1. The summed E-state index contributed by atoms with van der Waals surface area (Å²) in [6.07, 6.45) is 8.36. The Balaban J connectivity index is 1.40. The molecule has 2 aliphatic heterocycles. The molecular weight excluding hydrogens is 346 g/mol. The molecule has 1 aromatic rings. The smallest absolute Gasteiger partial charge is 0.261 e. The second kappa shape index (κ2) is 7.69. The molecule has 26 heavy (non-hydrogen) atoms. The van der Waals surface area contributed by atoms with Crippen molar-refractivity contribution in [2.75, 3.05) is 26.7 Å². The molecule has 6 heteroatoms. The highest BCUT2D eigenvalue weighted by molar-refractivity contribution is 7.14. The molecule has 5 nitrogen and oxygen atoms in total. The first-order chi connectivity index (χ1) is 12.7.